The van der Waals surface area contributed by atoms with Crippen molar-refractivity contribution in [3.63, 3.8) is 0 Å². The molecule has 3 heteroatoms. The first-order valence-corrected chi connectivity index (χ1v) is 7.32. The summed E-state index contributed by atoms with van der Waals surface area (Å²) in [6.07, 6.45) is 7.20. The van der Waals surface area contributed by atoms with Crippen LogP contribution in [0.5, 0.6) is 0 Å². The average molecular weight is 240 g/mol. The lowest BCUT2D eigenvalue weighted by Gasteiger charge is -2.44. The summed E-state index contributed by atoms with van der Waals surface area (Å²) < 4.78 is 5.74. The number of rotatable bonds is 3. The molecule has 2 unspecified atom stereocenters. The molecule has 3 nitrogen and oxygen atoms in total. The summed E-state index contributed by atoms with van der Waals surface area (Å²) in [7, 11) is 0. The summed E-state index contributed by atoms with van der Waals surface area (Å²) in [5.74, 6) is 0.980. The molecule has 2 rings (SSSR count). The zero-order chi connectivity index (χ0) is 12.3. The van der Waals surface area contributed by atoms with E-state index in [9.17, 15) is 0 Å². The summed E-state index contributed by atoms with van der Waals surface area (Å²) in [6, 6.07) is 1.35. The van der Waals surface area contributed by atoms with E-state index in [0.29, 0.717) is 12.6 Å². The molecule has 1 heterocycles. The molecule has 1 saturated heterocycles. The largest absolute Gasteiger partial charge is 0.374 e. The molecule has 2 fully saturated rings. The van der Waals surface area contributed by atoms with Crippen LogP contribution in [-0.4, -0.2) is 42.8 Å². The Labute approximate surface area is 106 Å². The Hall–Kier alpha value is -0.120. The van der Waals surface area contributed by atoms with Gasteiger partial charge in [-0.15, -0.1) is 0 Å². The first-order chi connectivity index (χ1) is 8.24. The molecule has 2 N–H and O–H groups in total. The molecule has 1 saturated carbocycles. The maximum absolute atomic E-state index is 5.74. The van der Waals surface area contributed by atoms with Crippen LogP contribution in [0.4, 0.5) is 0 Å². The van der Waals surface area contributed by atoms with E-state index in [1.54, 1.807) is 0 Å². The van der Waals surface area contributed by atoms with E-state index < -0.39 is 0 Å². The van der Waals surface area contributed by atoms with Crippen molar-refractivity contribution in [2.24, 2.45) is 11.7 Å². The van der Waals surface area contributed by atoms with E-state index in [1.165, 1.54) is 32.1 Å². The van der Waals surface area contributed by atoms with Crippen LogP contribution >= 0.6 is 0 Å². The van der Waals surface area contributed by atoms with Gasteiger partial charge in [0.25, 0.3) is 0 Å². The minimum atomic E-state index is 0.259. The van der Waals surface area contributed by atoms with E-state index in [1.807, 2.05) is 0 Å². The lowest BCUT2D eigenvalue weighted by Crippen LogP contribution is -2.55. The minimum absolute atomic E-state index is 0.259. The van der Waals surface area contributed by atoms with Crippen molar-refractivity contribution in [3.8, 4) is 0 Å². The molecule has 2 atom stereocenters. The second kappa shape index (κ2) is 6.17. The third-order valence-electron chi connectivity index (χ3n) is 4.68. The third-order valence-corrected chi connectivity index (χ3v) is 4.68. The number of ether oxygens (including phenoxy) is 1. The first kappa shape index (κ1) is 13.3. The van der Waals surface area contributed by atoms with E-state index in [0.717, 1.165) is 25.1 Å². The molecule has 0 aromatic heterocycles. The molecular weight excluding hydrogens is 212 g/mol. The van der Waals surface area contributed by atoms with Crippen LogP contribution in [0.2, 0.25) is 0 Å². The molecular formula is C14H28N2O. The molecule has 0 aromatic rings. The lowest BCUT2D eigenvalue weighted by atomic mass is 9.83. The summed E-state index contributed by atoms with van der Waals surface area (Å²) in [5, 5.41) is 0. The van der Waals surface area contributed by atoms with Crippen LogP contribution in [0, 0.1) is 5.92 Å². The molecule has 0 aromatic carbocycles. The van der Waals surface area contributed by atoms with Crippen LogP contribution in [0.15, 0.2) is 0 Å². The van der Waals surface area contributed by atoms with E-state index >= 15 is 0 Å². The zero-order valence-electron chi connectivity index (χ0n) is 11.4. The van der Waals surface area contributed by atoms with Gasteiger partial charge in [0.15, 0.2) is 0 Å². The summed E-state index contributed by atoms with van der Waals surface area (Å²) in [5.41, 5.74) is 5.73. The van der Waals surface area contributed by atoms with Gasteiger partial charge < -0.3 is 10.5 Å². The highest BCUT2D eigenvalue weighted by Crippen LogP contribution is 2.31. The van der Waals surface area contributed by atoms with Crippen molar-refractivity contribution >= 4 is 0 Å². The molecule has 17 heavy (non-hydrogen) atoms. The highest BCUT2D eigenvalue weighted by Gasteiger charge is 2.32. The summed E-state index contributed by atoms with van der Waals surface area (Å²) >= 11 is 0. The van der Waals surface area contributed by atoms with Gasteiger partial charge in [-0.3, -0.25) is 4.90 Å². The molecule has 0 amide bonds. The number of nitrogens with two attached hydrogens (primary N) is 1. The van der Waals surface area contributed by atoms with Gasteiger partial charge in [0.05, 0.1) is 12.7 Å². The molecule has 0 bridgehead atoms. The lowest BCUT2D eigenvalue weighted by molar-refractivity contribution is -0.0763. The predicted octanol–water partition coefficient (Wildman–Crippen LogP) is 2.00. The van der Waals surface area contributed by atoms with Crippen molar-refractivity contribution in [1.29, 1.82) is 0 Å². The fourth-order valence-electron chi connectivity index (χ4n) is 3.38. The highest BCUT2D eigenvalue weighted by atomic mass is 16.5. The van der Waals surface area contributed by atoms with E-state index in [2.05, 4.69) is 18.7 Å². The van der Waals surface area contributed by atoms with Crippen LogP contribution in [0.3, 0.4) is 0 Å². The van der Waals surface area contributed by atoms with Gasteiger partial charge in [-0.05, 0) is 38.5 Å². The number of nitrogens with zero attached hydrogens (tertiary/aromatic N) is 1. The molecule has 100 valence electrons. The van der Waals surface area contributed by atoms with Gasteiger partial charge in [0, 0.05) is 25.2 Å². The van der Waals surface area contributed by atoms with Gasteiger partial charge in [0.1, 0.15) is 0 Å². The smallest absolute Gasteiger partial charge is 0.0824 e. The second-order valence-electron chi connectivity index (χ2n) is 5.82. The van der Waals surface area contributed by atoms with Crippen molar-refractivity contribution in [2.75, 3.05) is 19.7 Å². The molecule has 1 aliphatic heterocycles. The fraction of sp³-hybridized carbons (Fsp3) is 1.00. The number of hydrogen-bond acceptors (Lipinski definition) is 3. The normalized spacial score (nSPS) is 40.4. The van der Waals surface area contributed by atoms with Crippen LogP contribution < -0.4 is 5.73 Å². The highest BCUT2D eigenvalue weighted by molar-refractivity contribution is 4.86. The maximum Gasteiger partial charge on any atom is 0.0824 e. The van der Waals surface area contributed by atoms with Crippen LogP contribution in [0.1, 0.15) is 46.0 Å². The number of hydrogen-bond donors (Lipinski definition) is 1. The summed E-state index contributed by atoms with van der Waals surface area (Å²) in [6.45, 7) is 7.17. The van der Waals surface area contributed by atoms with E-state index in [4.69, 9.17) is 10.5 Å². The quantitative estimate of drug-likeness (QED) is 0.820. The van der Waals surface area contributed by atoms with Gasteiger partial charge in [-0.1, -0.05) is 13.3 Å². The van der Waals surface area contributed by atoms with Gasteiger partial charge >= 0.3 is 0 Å². The first-order valence-electron chi connectivity index (χ1n) is 7.32. The SMILES string of the molecule is CCC1CCC(N2CC(CN)OCC2C)CC1. The Morgan fingerprint density at radius 2 is 1.94 bits per heavy atom. The summed E-state index contributed by atoms with van der Waals surface area (Å²) in [4.78, 5) is 2.66. The minimum Gasteiger partial charge on any atom is -0.374 e. The van der Waals surface area contributed by atoms with Crippen molar-refractivity contribution in [1.82, 2.24) is 4.90 Å². The Kier molecular flexibility index (Phi) is 4.83. The topological polar surface area (TPSA) is 38.5 Å². The van der Waals surface area contributed by atoms with Crippen molar-refractivity contribution < 1.29 is 4.74 Å². The zero-order valence-corrected chi connectivity index (χ0v) is 11.4. The Morgan fingerprint density at radius 3 is 2.53 bits per heavy atom. The van der Waals surface area contributed by atoms with Gasteiger partial charge in [0.2, 0.25) is 0 Å². The Morgan fingerprint density at radius 1 is 1.24 bits per heavy atom. The van der Waals surface area contributed by atoms with Crippen molar-refractivity contribution in [2.45, 2.75) is 64.1 Å². The Balaban J connectivity index is 1.87. The second-order valence-corrected chi connectivity index (χ2v) is 5.82. The van der Waals surface area contributed by atoms with Crippen LogP contribution in [-0.2, 0) is 4.74 Å². The Bertz CT molecular complexity index is 226. The molecule has 1 aliphatic carbocycles. The molecule has 0 radical (unpaired) electrons. The molecule has 2 aliphatic rings. The van der Waals surface area contributed by atoms with E-state index in [-0.39, 0.29) is 6.10 Å². The van der Waals surface area contributed by atoms with Crippen LogP contribution in [0.25, 0.3) is 0 Å². The van der Waals surface area contributed by atoms with Gasteiger partial charge in [-0.2, -0.15) is 0 Å². The maximum atomic E-state index is 5.74. The number of morpholine rings is 1. The van der Waals surface area contributed by atoms with Crippen molar-refractivity contribution in [3.05, 3.63) is 0 Å². The molecule has 0 spiro atoms. The third kappa shape index (κ3) is 3.21. The monoisotopic (exact) mass is 240 g/mol. The fourth-order valence-corrected chi connectivity index (χ4v) is 3.38. The average Bonchev–Trinajstić information content (AvgIpc) is 2.39. The predicted molar refractivity (Wildman–Crippen MR) is 71.0 cm³/mol. The van der Waals surface area contributed by atoms with Gasteiger partial charge in [-0.25, -0.2) is 0 Å². The standard InChI is InChI=1S/C14H28N2O/c1-3-12-4-6-13(7-5-12)16-9-14(8-15)17-10-11(16)2/h11-14H,3-10,15H2,1-2H3.